The fourth-order valence-electron chi connectivity index (χ4n) is 4.58. The number of aliphatic hydroxyl groups excluding tert-OH is 1. The van der Waals surface area contributed by atoms with Crippen LogP contribution in [0.3, 0.4) is 0 Å². The number of hydrogen-bond donors (Lipinski definition) is 1. The van der Waals surface area contributed by atoms with Crippen molar-refractivity contribution < 1.29 is 24.2 Å². The standard InChI is InChI=1S/C32H31ClN4O5S2/c1-4-41-25-17-22(7-10-24(25)42-16-13-19(2)3)27-26(28(38)21-11-14-34-15-12-21)29(39)30(40)37(27)31-35-36-32(44-31)43-18-20-5-8-23(33)9-6-20/h5-12,14-15,17,19,27,38H,4,13,16,18H2,1-3H3/b28-26+. The molecule has 1 aliphatic heterocycles. The highest BCUT2D eigenvalue weighted by atomic mass is 35.5. The lowest BCUT2D eigenvalue weighted by atomic mass is 9.95. The molecule has 5 rings (SSSR count). The third-order valence-electron chi connectivity index (χ3n) is 6.81. The van der Waals surface area contributed by atoms with E-state index in [2.05, 4.69) is 29.0 Å². The van der Waals surface area contributed by atoms with Gasteiger partial charge in [-0.05, 0) is 66.8 Å². The summed E-state index contributed by atoms with van der Waals surface area (Å²) < 4.78 is 12.6. The molecule has 1 unspecified atom stereocenters. The summed E-state index contributed by atoms with van der Waals surface area (Å²) in [5, 5.41) is 20.9. The number of Topliss-reactive ketones (excluding diaryl/α,β-unsaturated/α-hetero) is 1. The predicted octanol–water partition coefficient (Wildman–Crippen LogP) is 7.33. The van der Waals surface area contributed by atoms with Gasteiger partial charge in [-0.1, -0.05) is 66.7 Å². The average Bonchev–Trinajstić information content (AvgIpc) is 3.59. The summed E-state index contributed by atoms with van der Waals surface area (Å²) in [6, 6.07) is 15.0. The van der Waals surface area contributed by atoms with Crippen molar-refractivity contribution in [2.24, 2.45) is 5.92 Å². The van der Waals surface area contributed by atoms with Crippen LogP contribution in [0.15, 0.2) is 76.9 Å². The van der Waals surface area contributed by atoms with Crippen molar-refractivity contribution in [3.8, 4) is 11.5 Å². The first-order valence-electron chi connectivity index (χ1n) is 14.1. The first-order chi connectivity index (χ1) is 21.3. The number of amides is 1. The molecule has 0 spiro atoms. The van der Waals surface area contributed by atoms with Crippen LogP contribution < -0.4 is 14.4 Å². The molecule has 2 aromatic heterocycles. The molecule has 0 aliphatic carbocycles. The Morgan fingerprint density at radius 2 is 1.80 bits per heavy atom. The number of ether oxygens (including phenoxy) is 2. The van der Waals surface area contributed by atoms with Crippen molar-refractivity contribution in [2.45, 2.75) is 43.3 Å². The van der Waals surface area contributed by atoms with Gasteiger partial charge in [-0.25, -0.2) is 0 Å². The number of aromatic nitrogens is 3. The summed E-state index contributed by atoms with van der Waals surface area (Å²) in [4.78, 5) is 32.5. The number of ketones is 1. The molecule has 44 heavy (non-hydrogen) atoms. The van der Waals surface area contributed by atoms with Gasteiger partial charge in [-0.2, -0.15) is 0 Å². The molecule has 0 saturated carbocycles. The van der Waals surface area contributed by atoms with Crippen LogP contribution in [0.1, 0.15) is 49.9 Å². The Morgan fingerprint density at radius 1 is 1.05 bits per heavy atom. The van der Waals surface area contributed by atoms with Gasteiger partial charge in [0.1, 0.15) is 5.76 Å². The third-order valence-corrected chi connectivity index (χ3v) is 9.19. The lowest BCUT2D eigenvalue weighted by Gasteiger charge is -2.23. The van der Waals surface area contributed by atoms with E-state index in [4.69, 9.17) is 21.1 Å². The molecule has 9 nitrogen and oxygen atoms in total. The summed E-state index contributed by atoms with van der Waals surface area (Å²) >= 11 is 8.66. The monoisotopic (exact) mass is 650 g/mol. The van der Waals surface area contributed by atoms with E-state index < -0.39 is 17.7 Å². The lowest BCUT2D eigenvalue weighted by molar-refractivity contribution is -0.132. The number of rotatable bonds is 12. The first kappa shape index (κ1) is 31.5. The Bertz CT molecular complexity index is 1660. The molecular weight excluding hydrogens is 620 g/mol. The van der Waals surface area contributed by atoms with Crippen LogP contribution >= 0.6 is 34.7 Å². The third kappa shape index (κ3) is 7.06. The fraction of sp³-hybridized carbons (Fsp3) is 0.281. The van der Waals surface area contributed by atoms with Crippen LogP contribution in [0.4, 0.5) is 5.13 Å². The number of pyridine rings is 1. The molecule has 4 aromatic rings. The highest BCUT2D eigenvalue weighted by molar-refractivity contribution is 8.00. The van der Waals surface area contributed by atoms with E-state index in [-0.39, 0.29) is 16.5 Å². The van der Waals surface area contributed by atoms with E-state index in [9.17, 15) is 14.7 Å². The van der Waals surface area contributed by atoms with E-state index in [1.807, 2.05) is 31.2 Å². The van der Waals surface area contributed by atoms with Crippen LogP contribution in [-0.2, 0) is 15.3 Å². The second-order valence-electron chi connectivity index (χ2n) is 10.3. The van der Waals surface area contributed by atoms with E-state index in [1.54, 1.807) is 30.3 Å². The van der Waals surface area contributed by atoms with Gasteiger partial charge < -0.3 is 14.6 Å². The first-order valence-corrected chi connectivity index (χ1v) is 16.3. The number of halogens is 1. The quantitative estimate of drug-likeness (QED) is 0.0553. The topological polar surface area (TPSA) is 115 Å². The Kier molecular flexibility index (Phi) is 10.2. The van der Waals surface area contributed by atoms with E-state index >= 15 is 0 Å². The van der Waals surface area contributed by atoms with Crippen LogP contribution in [0.25, 0.3) is 5.76 Å². The molecule has 1 saturated heterocycles. The van der Waals surface area contributed by atoms with E-state index in [1.165, 1.54) is 40.4 Å². The smallest absolute Gasteiger partial charge is 0.301 e. The molecular formula is C32H31ClN4O5S2. The van der Waals surface area contributed by atoms with Gasteiger partial charge in [-0.15, -0.1) is 10.2 Å². The van der Waals surface area contributed by atoms with Crippen molar-refractivity contribution in [1.29, 1.82) is 0 Å². The highest BCUT2D eigenvalue weighted by Gasteiger charge is 2.48. The predicted molar refractivity (Wildman–Crippen MR) is 173 cm³/mol. The Balaban J connectivity index is 1.54. The largest absolute Gasteiger partial charge is 0.507 e. The number of carbonyl (C=O) groups is 2. The van der Waals surface area contributed by atoms with Gasteiger partial charge in [0.05, 0.1) is 24.8 Å². The Labute approximate surface area is 268 Å². The van der Waals surface area contributed by atoms with Gasteiger partial charge in [0.25, 0.3) is 5.78 Å². The number of hydrogen-bond acceptors (Lipinski definition) is 10. The zero-order valence-electron chi connectivity index (χ0n) is 24.4. The van der Waals surface area contributed by atoms with Gasteiger partial charge in [0.2, 0.25) is 5.13 Å². The summed E-state index contributed by atoms with van der Waals surface area (Å²) in [6.45, 7) is 7.00. The maximum atomic E-state index is 13.6. The van der Waals surface area contributed by atoms with Gasteiger partial charge in [-0.3, -0.25) is 19.5 Å². The SMILES string of the molecule is CCOc1cc(C2/C(=C(\O)c3ccncc3)C(=O)C(=O)N2c2nnc(SCc3ccc(Cl)cc3)s2)ccc1OCCC(C)C. The van der Waals surface area contributed by atoms with Gasteiger partial charge in [0.15, 0.2) is 15.8 Å². The molecule has 3 heterocycles. The van der Waals surface area contributed by atoms with Crippen molar-refractivity contribution in [2.75, 3.05) is 18.1 Å². The number of carbonyl (C=O) groups excluding carboxylic acids is 2. The lowest BCUT2D eigenvalue weighted by Crippen LogP contribution is -2.29. The van der Waals surface area contributed by atoms with Crippen molar-refractivity contribution >= 4 is 57.3 Å². The second-order valence-corrected chi connectivity index (χ2v) is 13.0. The summed E-state index contributed by atoms with van der Waals surface area (Å²) in [5.74, 6) is 0.163. The highest BCUT2D eigenvalue weighted by Crippen LogP contribution is 2.45. The second kappa shape index (κ2) is 14.2. The number of nitrogens with zero attached hydrogens (tertiary/aromatic N) is 4. The molecule has 2 aromatic carbocycles. The number of thioether (sulfide) groups is 1. The number of anilines is 1. The molecule has 1 N–H and O–H groups in total. The number of benzene rings is 2. The molecule has 1 amide bonds. The minimum absolute atomic E-state index is 0.0670. The van der Waals surface area contributed by atoms with Crippen LogP contribution in [0.2, 0.25) is 5.02 Å². The zero-order valence-corrected chi connectivity index (χ0v) is 26.8. The Morgan fingerprint density at radius 3 is 2.50 bits per heavy atom. The van der Waals surface area contributed by atoms with Gasteiger partial charge in [0, 0.05) is 28.7 Å². The Hall–Kier alpha value is -3.93. The summed E-state index contributed by atoms with van der Waals surface area (Å²) in [7, 11) is 0. The molecule has 1 fully saturated rings. The molecule has 0 bridgehead atoms. The summed E-state index contributed by atoms with van der Waals surface area (Å²) in [6.07, 6.45) is 3.88. The number of aliphatic hydroxyl groups is 1. The van der Waals surface area contributed by atoms with Crippen molar-refractivity contribution in [1.82, 2.24) is 15.2 Å². The molecule has 12 heteroatoms. The van der Waals surface area contributed by atoms with Crippen molar-refractivity contribution in [3.05, 3.63) is 94.3 Å². The fourth-order valence-corrected chi connectivity index (χ4v) is 6.53. The van der Waals surface area contributed by atoms with Crippen LogP contribution in [-0.4, -0.2) is 45.2 Å². The van der Waals surface area contributed by atoms with Crippen molar-refractivity contribution in [3.63, 3.8) is 0 Å². The molecule has 228 valence electrons. The van der Waals surface area contributed by atoms with Crippen LogP contribution in [0, 0.1) is 5.92 Å². The van der Waals surface area contributed by atoms with Gasteiger partial charge >= 0.3 is 5.91 Å². The minimum Gasteiger partial charge on any atom is -0.507 e. The van der Waals surface area contributed by atoms with Crippen LogP contribution in [0.5, 0.6) is 11.5 Å². The maximum absolute atomic E-state index is 13.6. The molecule has 0 radical (unpaired) electrons. The molecule has 1 atom stereocenters. The minimum atomic E-state index is -0.992. The summed E-state index contributed by atoms with van der Waals surface area (Å²) in [5.41, 5.74) is 1.89. The van der Waals surface area contributed by atoms with E-state index in [0.29, 0.717) is 56.9 Å². The maximum Gasteiger partial charge on any atom is 0.301 e. The zero-order chi connectivity index (χ0) is 31.2. The normalized spacial score (nSPS) is 16.1. The van der Waals surface area contributed by atoms with E-state index in [0.717, 1.165) is 12.0 Å². The molecule has 1 aliphatic rings. The average molecular weight is 651 g/mol.